The number of ether oxygens (including phenoxy) is 2. The zero-order valence-electron chi connectivity index (χ0n) is 15.6. The van der Waals surface area contributed by atoms with Crippen LogP contribution in [0.4, 0.5) is 0 Å². The summed E-state index contributed by atoms with van der Waals surface area (Å²) in [6.07, 6.45) is 3.38. The zero-order valence-corrected chi connectivity index (χ0v) is 17.2. The fourth-order valence-corrected chi connectivity index (χ4v) is 3.29. The van der Waals surface area contributed by atoms with Crippen molar-refractivity contribution in [1.29, 1.82) is 0 Å². The number of halogens is 1. The molecule has 140 valence electrons. The van der Waals surface area contributed by atoms with Crippen molar-refractivity contribution in [3.8, 4) is 11.5 Å². The van der Waals surface area contributed by atoms with Crippen LogP contribution in [0.1, 0.15) is 30.9 Å². The Morgan fingerprint density at radius 2 is 1.52 bits per heavy atom. The molecule has 0 saturated heterocycles. The van der Waals surface area contributed by atoms with Crippen molar-refractivity contribution in [2.24, 2.45) is 0 Å². The Hall–Kier alpha value is -2.26. The molecule has 27 heavy (non-hydrogen) atoms. The van der Waals surface area contributed by atoms with Crippen LogP contribution in [0, 0.1) is 0 Å². The van der Waals surface area contributed by atoms with Crippen LogP contribution in [0.25, 0.3) is 0 Å². The number of aryl methyl sites for hydroxylation is 1. The predicted octanol–water partition coefficient (Wildman–Crippen LogP) is 6.82. The fraction of sp³-hybridized carbons (Fsp3) is 0.250. The van der Waals surface area contributed by atoms with E-state index in [1.54, 1.807) is 0 Å². The molecule has 3 aromatic carbocycles. The van der Waals surface area contributed by atoms with E-state index in [-0.39, 0.29) is 6.10 Å². The SMILES string of the molecule is CC(CCCc1ccccc1)Oc1ccc(Br)c(OCc2ccccc2)c1. The van der Waals surface area contributed by atoms with Gasteiger partial charge in [0.1, 0.15) is 18.1 Å². The van der Waals surface area contributed by atoms with Gasteiger partial charge in [0.2, 0.25) is 0 Å². The maximum atomic E-state index is 6.10. The van der Waals surface area contributed by atoms with E-state index >= 15 is 0 Å². The zero-order chi connectivity index (χ0) is 18.9. The topological polar surface area (TPSA) is 18.5 Å². The Bertz CT molecular complexity index is 818. The number of rotatable bonds is 9. The highest BCUT2D eigenvalue weighted by Crippen LogP contribution is 2.31. The van der Waals surface area contributed by atoms with Gasteiger partial charge >= 0.3 is 0 Å². The molecule has 1 atom stereocenters. The van der Waals surface area contributed by atoms with Gasteiger partial charge in [0.25, 0.3) is 0 Å². The largest absolute Gasteiger partial charge is 0.491 e. The number of hydrogen-bond donors (Lipinski definition) is 0. The molecule has 0 fully saturated rings. The van der Waals surface area contributed by atoms with E-state index in [0.29, 0.717) is 6.61 Å². The smallest absolute Gasteiger partial charge is 0.137 e. The summed E-state index contributed by atoms with van der Waals surface area (Å²) >= 11 is 3.56. The number of hydrogen-bond acceptors (Lipinski definition) is 2. The van der Waals surface area contributed by atoms with Gasteiger partial charge < -0.3 is 9.47 Å². The first-order valence-electron chi connectivity index (χ1n) is 9.37. The lowest BCUT2D eigenvalue weighted by Crippen LogP contribution is -2.12. The second kappa shape index (κ2) is 10.2. The summed E-state index contributed by atoms with van der Waals surface area (Å²) in [5.74, 6) is 1.64. The Morgan fingerprint density at radius 1 is 0.852 bits per heavy atom. The van der Waals surface area contributed by atoms with Crippen LogP contribution >= 0.6 is 15.9 Å². The average molecular weight is 425 g/mol. The highest BCUT2D eigenvalue weighted by Gasteiger charge is 2.08. The molecule has 3 heteroatoms. The van der Waals surface area contributed by atoms with Crippen molar-refractivity contribution in [2.45, 2.75) is 38.9 Å². The minimum absolute atomic E-state index is 0.164. The maximum Gasteiger partial charge on any atom is 0.137 e. The molecule has 0 spiro atoms. The van der Waals surface area contributed by atoms with Crippen molar-refractivity contribution in [2.75, 3.05) is 0 Å². The van der Waals surface area contributed by atoms with Gasteiger partial charge in [0.05, 0.1) is 10.6 Å². The van der Waals surface area contributed by atoms with E-state index in [9.17, 15) is 0 Å². The molecule has 3 rings (SSSR count). The summed E-state index contributed by atoms with van der Waals surface area (Å²) in [7, 11) is 0. The van der Waals surface area contributed by atoms with Crippen molar-refractivity contribution in [3.63, 3.8) is 0 Å². The highest BCUT2D eigenvalue weighted by molar-refractivity contribution is 9.10. The summed E-state index contributed by atoms with van der Waals surface area (Å²) in [6, 6.07) is 26.7. The predicted molar refractivity (Wildman–Crippen MR) is 114 cm³/mol. The summed E-state index contributed by atoms with van der Waals surface area (Å²) in [6.45, 7) is 2.66. The molecular formula is C24H25BrO2. The monoisotopic (exact) mass is 424 g/mol. The first-order valence-corrected chi connectivity index (χ1v) is 10.2. The van der Waals surface area contributed by atoms with Crippen LogP contribution in [0.15, 0.2) is 83.3 Å². The van der Waals surface area contributed by atoms with E-state index in [4.69, 9.17) is 9.47 Å². The van der Waals surface area contributed by atoms with Gasteiger partial charge in [-0.2, -0.15) is 0 Å². The van der Waals surface area contributed by atoms with Crippen molar-refractivity contribution in [1.82, 2.24) is 0 Å². The fourth-order valence-electron chi connectivity index (χ4n) is 2.93. The van der Waals surface area contributed by atoms with Gasteiger partial charge in [-0.1, -0.05) is 60.7 Å². The third-order valence-corrected chi connectivity index (χ3v) is 5.05. The molecule has 0 heterocycles. The van der Waals surface area contributed by atoms with Gasteiger partial charge in [0.15, 0.2) is 0 Å². The third-order valence-electron chi connectivity index (χ3n) is 4.40. The van der Waals surface area contributed by atoms with Gasteiger partial charge in [-0.25, -0.2) is 0 Å². The van der Waals surface area contributed by atoms with Gasteiger partial charge in [-0.15, -0.1) is 0 Å². The summed E-state index contributed by atoms with van der Waals surface area (Å²) in [5.41, 5.74) is 2.52. The van der Waals surface area contributed by atoms with Crippen molar-refractivity contribution in [3.05, 3.63) is 94.5 Å². The Balaban J connectivity index is 1.50. The Morgan fingerprint density at radius 3 is 2.22 bits per heavy atom. The van der Waals surface area contributed by atoms with Crippen LogP contribution in [0.3, 0.4) is 0 Å². The molecule has 2 nitrogen and oxygen atoms in total. The minimum Gasteiger partial charge on any atom is -0.491 e. The molecule has 1 unspecified atom stereocenters. The first-order chi connectivity index (χ1) is 13.2. The standard InChI is InChI=1S/C24H25BrO2/c1-19(9-8-14-20-10-4-2-5-11-20)27-22-15-16-23(25)24(17-22)26-18-21-12-6-3-7-13-21/h2-7,10-13,15-17,19H,8-9,14,18H2,1H3. The molecule has 0 aliphatic heterocycles. The second-order valence-corrected chi connectivity index (χ2v) is 7.53. The van der Waals surface area contributed by atoms with E-state index in [2.05, 4.69) is 65.3 Å². The second-order valence-electron chi connectivity index (χ2n) is 6.67. The molecule has 0 aromatic heterocycles. The Kier molecular flexibility index (Phi) is 7.35. The van der Waals surface area contributed by atoms with Crippen molar-refractivity contribution < 1.29 is 9.47 Å². The van der Waals surface area contributed by atoms with Crippen LogP contribution in [-0.4, -0.2) is 6.10 Å². The summed E-state index contributed by atoms with van der Waals surface area (Å²) in [4.78, 5) is 0. The molecule has 0 aliphatic carbocycles. The number of benzene rings is 3. The van der Waals surface area contributed by atoms with E-state index < -0.39 is 0 Å². The van der Waals surface area contributed by atoms with Crippen LogP contribution in [0.5, 0.6) is 11.5 Å². The lowest BCUT2D eigenvalue weighted by molar-refractivity contribution is 0.206. The van der Waals surface area contributed by atoms with E-state index in [1.807, 2.05) is 36.4 Å². The molecule has 0 N–H and O–H groups in total. The van der Waals surface area contributed by atoms with Crippen LogP contribution in [-0.2, 0) is 13.0 Å². The molecule has 0 radical (unpaired) electrons. The average Bonchev–Trinajstić information content (AvgIpc) is 2.70. The highest BCUT2D eigenvalue weighted by atomic mass is 79.9. The van der Waals surface area contributed by atoms with E-state index in [0.717, 1.165) is 40.8 Å². The first kappa shape index (κ1) is 19.5. The molecule has 0 aliphatic rings. The normalized spacial score (nSPS) is 11.8. The lowest BCUT2D eigenvalue weighted by Gasteiger charge is -2.16. The maximum absolute atomic E-state index is 6.10. The molecular weight excluding hydrogens is 400 g/mol. The van der Waals surface area contributed by atoms with Gasteiger partial charge in [-0.05, 0) is 65.4 Å². The van der Waals surface area contributed by atoms with Crippen LogP contribution < -0.4 is 9.47 Å². The van der Waals surface area contributed by atoms with Crippen molar-refractivity contribution >= 4 is 15.9 Å². The Labute approximate surface area is 170 Å². The lowest BCUT2D eigenvalue weighted by atomic mass is 10.1. The molecule has 0 bridgehead atoms. The summed E-state index contributed by atoms with van der Waals surface area (Å²) < 4.78 is 13.0. The minimum atomic E-state index is 0.164. The van der Waals surface area contributed by atoms with Crippen LogP contribution in [0.2, 0.25) is 0 Å². The molecule has 0 saturated carbocycles. The van der Waals surface area contributed by atoms with E-state index in [1.165, 1.54) is 5.56 Å². The quantitative estimate of drug-likeness (QED) is 0.375. The van der Waals surface area contributed by atoms with Gasteiger partial charge in [-0.3, -0.25) is 0 Å². The van der Waals surface area contributed by atoms with Gasteiger partial charge in [0, 0.05) is 6.07 Å². The third kappa shape index (κ3) is 6.44. The molecule has 0 amide bonds. The summed E-state index contributed by atoms with van der Waals surface area (Å²) in [5, 5.41) is 0. The molecule has 3 aromatic rings.